The van der Waals surface area contributed by atoms with Gasteiger partial charge in [-0.1, -0.05) is 0 Å². The number of nitrogens with two attached hydrogens (primary N) is 1. The Morgan fingerprint density at radius 1 is 1.22 bits per heavy atom. The maximum Gasteiger partial charge on any atom is 0.259 e. The molecule has 3 aromatic rings. The number of aromatic amines is 1. The fourth-order valence-electron chi connectivity index (χ4n) is 2.28. The molecule has 4 N–H and O–H groups in total. The van der Waals surface area contributed by atoms with Crippen molar-refractivity contribution < 1.29 is 0 Å². The molecule has 3 heterocycles. The van der Waals surface area contributed by atoms with Crippen LogP contribution in [0.2, 0.25) is 0 Å². The third-order valence-electron chi connectivity index (χ3n) is 3.22. The van der Waals surface area contributed by atoms with E-state index in [1.807, 2.05) is 32.9 Å². The normalized spacial score (nSPS) is 11.6. The number of H-pyrrole nitrogens is 1. The summed E-state index contributed by atoms with van der Waals surface area (Å²) in [6.45, 7) is 6.03. The highest BCUT2D eigenvalue weighted by Gasteiger charge is 2.16. The second-order valence-electron chi connectivity index (χ2n) is 6.33. The van der Waals surface area contributed by atoms with E-state index in [9.17, 15) is 4.79 Å². The zero-order chi connectivity index (χ0) is 16.6. The number of nitrogens with one attached hydrogen (secondary N) is 2. The van der Waals surface area contributed by atoms with E-state index in [0.29, 0.717) is 16.9 Å². The van der Waals surface area contributed by atoms with E-state index in [2.05, 4.69) is 25.3 Å². The predicted octanol–water partition coefficient (Wildman–Crippen LogP) is 2.17. The molecule has 23 heavy (non-hydrogen) atoms. The zero-order valence-corrected chi connectivity index (χ0v) is 13.2. The van der Waals surface area contributed by atoms with Gasteiger partial charge in [0.15, 0.2) is 0 Å². The highest BCUT2D eigenvalue weighted by atomic mass is 16.1. The minimum atomic E-state index is -0.238. The van der Waals surface area contributed by atoms with E-state index in [-0.39, 0.29) is 17.0 Å². The third kappa shape index (κ3) is 3.13. The van der Waals surface area contributed by atoms with E-state index in [1.165, 1.54) is 0 Å². The van der Waals surface area contributed by atoms with Gasteiger partial charge < -0.3 is 16.0 Å². The lowest BCUT2D eigenvalue weighted by molar-refractivity contribution is 0.631. The predicted molar refractivity (Wildman–Crippen MR) is 91.2 cm³/mol. The molecule has 3 aromatic heterocycles. The van der Waals surface area contributed by atoms with Crippen molar-refractivity contribution in [1.82, 2.24) is 19.9 Å². The van der Waals surface area contributed by atoms with E-state index in [1.54, 1.807) is 18.6 Å². The van der Waals surface area contributed by atoms with Gasteiger partial charge in [0.25, 0.3) is 5.56 Å². The lowest BCUT2D eigenvalue weighted by atomic mass is 10.1. The van der Waals surface area contributed by atoms with Crippen LogP contribution in [0.3, 0.4) is 0 Å². The molecule has 0 bridgehead atoms. The summed E-state index contributed by atoms with van der Waals surface area (Å²) in [5.41, 5.74) is 6.52. The van der Waals surface area contributed by atoms with Gasteiger partial charge in [0.1, 0.15) is 5.82 Å². The molecule has 118 valence electrons. The molecule has 3 rings (SSSR count). The summed E-state index contributed by atoms with van der Waals surface area (Å²) in [4.78, 5) is 27.5. The lowest BCUT2D eigenvalue weighted by Gasteiger charge is -2.22. The van der Waals surface area contributed by atoms with Gasteiger partial charge in [0, 0.05) is 29.7 Å². The number of pyridine rings is 2. The smallest absolute Gasteiger partial charge is 0.259 e. The molecular weight excluding hydrogens is 292 g/mol. The second kappa shape index (κ2) is 5.35. The van der Waals surface area contributed by atoms with Gasteiger partial charge in [-0.05, 0) is 38.3 Å². The molecule has 0 atom stereocenters. The van der Waals surface area contributed by atoms with Crippen LogP contribution in [0.5, 0.6) is 0 Å². The molecule has 0 aliphatic carbocycles. The van der Waals surface area contributed by atoms with Crippen molar-refractivity contribution >= 4 is 22.5 Å². The molecule has 0 aliphatic rings. The number of nitrogens with zero attached hydrogens (tertiary/aromatic N) is 3. The van der Waals surface area contributed by atoms with Crippen LogP contribution in [0.4, 0.5) is 11.8 Å². The van der Waals surface area contributed by atoms with Crippen LogP contribution in [0.1, 0.15) is 20.8 Å². The topological polar surface area (TPSA) is 110 Å². The fraction of sp³-hybridized carbons (Fsp3) is 0.250. The minimum Gasteiger partial charge on any atom is -0.368 e. The summed E-state index contributed by atoms with van der Waals surface area (Å²) in [6.07, 6.45) is 4.85. The minimum absolute atomic E-state index is 0.179. The second-order valence-corrected chi connectivity index (χ2v) is 6.33. The van der Waals surface area contributed by atoms with Crippen LogP contribution >= 0.6 is 0 Å². The molecule has 0 saturated carbocycles. The number of fused-ring (bicyclic) bond motifs is 1. The number of hydrogen-bond donors (Lipinski definition) is 3. The van der Waals surface area contributed by atoms with Gasteiger partial charge in [-0.2, -0.15) is 0 Å². The van der Waals surface area contributed by atoms with Gasteiger partial charge >= 0.3 is 0 Å². The van der Waals surface area contributed by atoms with E-state index in [4.69, 9.17) is 5.73 Å². The SMILES string of the molecule is CC(C)(C)Nc1nc(-c2cnc(N)nc2)cc2cc[nH]c(=O)c12. The fourth-order valence-corrected chi connectivity index (χ4v) is 2.28. The molecule has 0 spiro atoms. The number of hydrogen-bond acceptors (Lipinski definition) is 6. The highest BCUT2D eigenvalue weighted by molar-refractivity contribution is 5.93. The molecule has 0 saturated heterocycles. The maximum absolute atomic E-state index is 12.2. The maximum atomic E-state index is 12.2. The first-order valence-corrected chi connectivity index (χ1v) is 7.22. The van der Waals surface area contributed by atoms with Crippen molar-refractivity contribution in [3.05, 3.63) is 41.1 Å². The number of rotatable bonds is 2. The standard InChI is InChI=1S/C16H18N6O/c1-16(2,3)22-13-12-9(4-5-18-14(12)23)6-11(21-13)10-7-19-15(17)20-8-10/h4-8H,1-3H3,(H,18,23)(H,21,22)(H2,17,19,20). The molecule has 0 aromatic carbocycles. The zero-order valence-electron chi connectivity index (χ0n) is 13.2. The van der Waals surface area contributed by atoms with Crippen molar-refractivity contribution in [3.8, 4) is 11.3 Å². The van der Waals surface area contributed by atoms with Gasteiger partial charge in [-0.15, -0.1) is 0 Å². The first-order chi connectivity index (χ1) is 10.8. The Morgan fingerprint density at radius 3 is 2.57 bits per heavy atom. The first-order valence-electron chi connectivity index (χ1n) is 7.22. The average Bonchev–Trinajstić information content (AvgIpc) is 2.46. The van der Waals surface area contributed by atoms with E-state index >= 15 is 0 Å². The Balaban J connectivity index is 2.25. The Kier molecular flexibility index (Phi) is 3.48. The van der Waals surface area contributed by atoms with Crippen LogP contribution in [-0.2, 0) is 0 Å². The summed E-state index contributed by atoms with van der Waals surface area (Å²) in [7, 11) is 0. The van der Waals surface area contributed by atoms with Crippen molar-refractivity contribution in [2.75, 3.05) is 11.1 Å². The van der Waals surface area contributed by atoms with E-state index in [0.717, 1.165) is 10.9 Å². The van der Waals surface area contributed by atoms with Gasteiger partial charge in [-0.3, -0.25) is 4.79 Å². The molecule has 0 fully saturated rings. The molecule has 0 amide bonds. The quantitative estimate of drug-likeness (QED) is 0.669. The van der Waals surface area contributed by atoms with Crippen LogP contribution in [0.25, 0.3) is 22.0 Å². The molecule has 7 heteroatoms. The molecule has 0 unspecified atom stereocenters. The average molecular weight is 310 g/mol. The molecule has 0 aliphatic heterocycles. The van der Waals surface area contributed by atoms with Crippen molar-refractivity contribution in [2.24, 2.45) is 0 Å². The first kappa shape index (κ1) is 15.0. The Hall–Kier alpha value is -2.96. The van der Waals surface area contributed by atoms with Gasteiger partial charge in [-0.25, -0.2) is 15.0 Å². The number of aromatic nitrogens is 4. The molecular formula is C16H18N6O. The number of nitrogen functional groups attached to an aromatic ring is 1. The van der Waals surface area contributed by atoms with Gasteiger partial charge in [0.2, 0.25) is 5.95 Å². The largest absolute Gasteiger partial charge is 0.368 e. The van der Waals surface area contributed by atoms with Crippen molar-refractivity contribution in [1.29, 1.82) is 0 Å². The Morgan fingerprint density at radius 2 is 1.91 bits per heavy atom. The van der Waals surface area contributed by atoms with Crippen LogP contribution < -0.4 is 16.6 Å². The van der Waals surface area contributed by atoms with Gasteiger partial charge in [0.05, 0.1) is 11.1 Å². The van der Waals surface area contributed by atoms with Crippen LogP contribution in [0, 0.1) is 0 Å². The lowest BCUT2D eigenvalue weighted by Crippen LogP contribution is -2.28. The summed E-state index contributed by atoms with van der Waals surface area (Å²) in [5, 5.41) is 4.61. The summed E-state index contributed by atoms with van der Waals surface area (Å²) in [6, 6.07) is 3.68. The summed E-state index contributed by atoms with van der Waals surface area (Å²) < 4.78 is 0. The summed E-state index contributed by atoms with van der Waals surface area (Å²) in [5.74, 6) is 0.739. The van der Waals surface area contributed by atoms with E-state index < -0.39 is 0 Å². The van der Waals surface area contributed by atoms with Crippen molar-refractivity contribution in [2.45, 2.75) is 26.3 Å². The number of anilines is 2. The molecule has 7 nitrogen and oxygen atoms in total. The highest BCUT2D eigenvalue weighted by Crippen LogP contribution is 2.26. The molecule has 0 radical (unpaired) electrons. The van der Waals surface area contributed by atoms with Crippen LogP contribution in [0.15, 0.2) is 35.5 Å². The summed E-state index contributed by atoms with van der Waals surface area (Å²) >= 11 is 0. The Bertz CT molecular complexity index is 908. The third-order valence-corrected chi connectivity index (χ3v) is 3.22. The van der Waals surface area contributed by atoms with Crippen molar-refractivity contribution in [3.63, 3.8) is 0 Å². The Labute approximate surface area is 133 Å². The van der Waals surface area contributed by atoms with Crippen LogP contribution in [-0.4, -0.2) is 25.5 Å². The monoisotopic (exact) mass is 310 g/mol.